The molecule has 6 nitrogen and oxygen atoms in total. The maximum Gasteiger partial charge on any atom is 0.491 e. The van der Waals surface area contributed by atoms with E-state index in [1.54, 1.807) is 36.4 Å². The van der Waals surface area contributed by atoms with Gasteiger partial charge in [0.25, 0.3) is 0 Å². The zero-order chi connectivity index (χ0) is 23.7. The summed E-state index contributed by atoms with van der Waals surface area (Å²) in [6.07, 6.45) is -3.88. The van der Waals surface area contributed by atoms with Gasteiger partial charge >= 0.3 is 12.1 Å². The molecular formula is C20H15F3N2O4S3. The Balaban J connectivity index is 2.22. The van der Waals surface area contributed by atoms with Gasteiger partial charge in [0.05, 0.1) is 9.77 Å². The van der Waals surface area contributed by atoms with Crippen LogP contribution in [-0.2, 0) is 14.6 Å². The summed E-state index contributed by atoms with van der Waals surface area (Å²) in [5.74, 6) is -4.05. The number of thioether (sulfide) groups is 1. The minimum atomic E-state index is -5.34. The van der Waals surface area contributed by atoms with Crippen molar-refractivity contribution in [2.75, 3.05) is 6.26 Å². The molecule has 0 spiro atoms. The van der Waals surface area contributed by atoms with Gasteiger partial charge in [-0.2, -0.15) is 13.2 Å². The lowest BCUT2D eigenvalue weighted by Gasteiger charge is -2.12. The highest BCUT2D eigenvalue weighted by Gasteiger charge is 2.44. The first-order valence-electron chi connectivity index (χ1n) is 8.71. The van der Waals surface area contributed by atoms with E-state index in [1.165, 1.54) is 24.5 Å². The summed E-state index contributed by atoms with van der Waals surface area (Å²) in [5.41, 5.74) is 6.79. The fourth-order valence-electron chi connectivity index (χ4n) is 2.77. The Morgan fingerprint density at radius 2 is 1.72 bits per heavy atom. The van der Waals surface area contributed by atoms with Crippen LogP contribution >= 0.6 is 23.1 Å². The summed E-state index contributed by atoms with van der Waals surface area (Å²) >= 11 is 1.53. The second-order valence-corrected chi connectivity index (χ2v) is 10.3. The molecular weight excluding hydrogens is 485 g/mol. The second-order valence-electron chi connectivity index (χ2n) is 6.28. The summed E-state index contributed by atoms with van der Waals surface area (Å²) < 4.78 is 69.9. The molecule has 0 bridgehead atoms. The summed E-state index contributed by atoms with van der Waals surface area (Å²) in [6.45, 7) is 0. The molecule has 0 amide bonds. The van der Waals surface area contributed by atoms with Gasteiger partial charge in [0.2, 0.25) is 9.84 Å². The average Bonchev–Trinajstić information content (AvgIpc) is 3.13. The Morgan fingerprint density at radius 3 is 2.28 bits per heavy atom. The Bertz CT molecular complexity index is 1290. The molecule has 12 heteroatoms. The number of sulfone groups is 1. The normalized spacial score (nSPS) is 11.9. The van der Waals surface area contributed by atoms with Crippen molar-refractivity contribution in [3.05, 3.63) is 59.5 Å². The van der Waals surface area contributed by atoms with Crippen LogP contribution in [0.15, 0.2) is 68.6 Å². The topological polar surface area (TPSA) is 110 Å². The molecule has 0 unspecified atom stereocenters. The van der Waals surface area contributed by atoms with Gasteiger partial charge in [-0.3, -0.25) is 5.41 Å². The number of halogens is 3. The summed E-state index contributed by atoms with van der Waals surface area (Å²) in [4.78, 5) is 10.2. The van der Waals surface area contributed by atoms with Crippen LogP contribution in [0.4, 0.5) is 13.2 Å². The molecule has 3 aromatic rings. The number of ether oxygens (including phenoxy) is 1. The van der Waals surface area contributed by atoms with Crippen molar-refractivity contribution in [3.63, 3.8) is 0 Å². The lowest BCUT2D eigenvalue weighted by molar-refractivity contribution is -0.190. The van der Waals surface area contributed by atoms with E-state index in [-0.39, 0.29) is 14.0 Å². The SMILES string of the molecule is CSc1sc(C(=N)N)c(S(=O)(=O)c2cccc(-c3ccccc3)c2)c1OC(=O)C(F)(F)F. The van der Waals surface area contributed by atoms with E-state index in [2.05, 4.69) is 4.74 Å². The number of benzene rings is 2. The van der Waals surface area contributed by atoms with Gasteiger partial charge in [-0.15, -0.1) is 23.1 Å². The van der Waals surface area contributed by atoms with Gasteiger partial charge in [-0.05, 0) is 29.5 Å². The molecule has 1 aromatic heterocycles. The number of alkyl halides is 3. The summed E-state index contributed by atoms with van der Waals surface area (Å²) in [7, 11) is -4.52. The van der Waals surface area contributed by atoms with Crippen LogP contribution in [0.3, 0.4) is 0 Å². The molecule has 0 atom stereocenters. The first-order chi connectivity index (χ1) is 15.0. The predicted octanol–water partition coefficient (Wildman–Crippen LogP) is 4.72. The van der Waals surface area contributed by atoms with Crippen LogP contribution < -0.4 is 10.5 Å². The molecule has 0 radical (unpaired) electrons. The third-order valence-corrected chi connectivity index (χ3v) is 8.40. The van der Waals surface area contributed by atoms with Crippen molar-refractivity contribution >= 4 is 44.7 Å². The van der Waals surface area contributed by atoms with Gasteiger partial charge in [0, 0.05) is 0 Å². The van der Waals surface area contributed by atoms with Gasteiger partial charge in [-0.25, -0.2) is 13.2 Å². The molecule has 0 saturated heterocycles. The zero-order valence-electron chi connectivity index (χ0n) is 16.3. The van der Waals surface area contributed by atoms with Gasteiger partial charge in [-0.1, -0.05) is 42.5 Å². The molecule has 0 aliphatic heterocycles. The first kappa shape index (κ1) is 23.8. The van der Waals surface area contributed by atoms with Crippen LogP contribution in [0.25, 0.3) is 11.1 Å². The molecule has 168 valence electrons. The van der Waals surface area contributed by atoms with E-state index in [1.807, 2.05) is 0 Å². The fraction of sp³-hybridized carbons (Fsp3) is 0.100. The minimum absolute atomic E-state index is 0.0365. The number of hydrogen-bond donors (Lipinski definition) is 2. The number of rotatable bonds is 6. The highest BCUT2D eigenvalue weighted by Crippen LogP contribution is 2.46. The monoisotopic (exact) mass is 500 g/mol. The van der Waals surface area contributed by atoms with Crippen LogP contribution in [0.2, 0.25) is 0 Å². The highest BCUT2D eigenvalue weighted by molar-refractivity contribution is 8.00. The molecule has 0 aliphatic carbocycles. The molecule has 32 heavy (non-hydrogen) atoms. The Hall–Kier alpha value is -2.83. The van der Waals surface area contributed by atoms with Gasteiger partial charge < -0.3 is 10.5 Å². The van der Waals surface area contributed by atoms with E-state index in [4.69, 9.17) is 11.1 Å². The van der Waals surface area contributed by atoms with Crippen LogP contribution in [-0.4, -0.2) is 32.7 Å². The van der Waals surface area contributed by atoms with Crippen LogP contribution in [0, 0.1) is 5.41 Å². The number of esters is 1. The van der Waals surface area contributed by atoms with Crippen molar-refractivity contribution in [2.24, 2.45) is 5.73 Å². The Labute approximate surface area is 189 Å². The van der Waals surface area contributed by atoms with E-state index in [0.717, 1.165) is 17.3 Å². The standard InChI is InChI=1S/C20H15F3N2O4S3/c1-30-18-14(29-19(26)20(21,22)23)16(15(31-18)17(24)25)32(27,28)13-9-5-8-12(10-13)11-6-3-2-4-7-11/h2-10H,1H3,(H3,24,25). The van der Waals surface area contributed by atoms with E-state index in [0.29, 0.717) is 16.9 Å². The van der Waals surface area contributed by atoms with Crippen LogP contribution in [0.5, 0.6) is 5.75 Å². The number of nitrogen functional groups attached to an aromatic ring is 1. The zero-order valence-corrected chi connectivity index (χ0v) is 18.7. The number of thiophene rings is 1. The molecule has 3 rings (SSSR count). The average molecular weight is 501 g/mol. The minimum Gasteiger partial charge on any atom is -0.416 e. The molecule has 2 aromatic carbocycles. The molecule has 3 N–H and O–H groups in total. The van der Waals surface area contributed by atoms with Crippen molar-refractivity contribution < 1.29 is 31.1 Å². The maximum absolute atomic E-state index is 13.5. The largest absolute Gasteiger partial charge is 0.491 e. The third-order valence-electron chi connectivity index (χ3n) is 4.17. The van der Waals surface area contributed by atoms with Crippen molar-refractivity contribution in [3.8, 4) is 16.9 Å². The lowest BCUT2D eigenvalue weighted by atomic mass is 10.1. The summed E-state index contributed by atoms with van der Waals surface area (Å²) in [6, 6.07) is 14.6. The first-order valence-corrected chi connectivity index (χ1v) is 12.2. The molecule has 0 saturated carbocycles. The predicted molar refractivity (Wildman–Crippen MR) is 116 cm³/mol. The van der Waals surface area contributed by atoms with Crippen LogP contribution in [0.1, 0.15) is 4.88 Å². The fourth-order valence-corrected chi connectivity index (χ4v) is 6.50. The van der Waals surface area contributed by atoms with Crippen molar-refractivity contribution in [1.29, 1.82) is 5.41 Å². The number of carbonyl (C=O) groups is 1. The number of nitrogens with one attached hydrogen (secondary N) is 1. The van der Waals surface area contributed by atoms with E-state index < -0.39 is 38.5 Å². The van der Waals surface area contributed by atoms with Crippen molar-refractivity contribution in [2.45, 2.75) is 20.2 Å². The molecule has 0 aliphatic rings. The third kappa shape index (κ3) is 4.66. The van der Waals surface area contributed by atoms with Crippen molar-refractivity contribution in [1.82, 2.24) is 0 Å². The lowest BCUT2D eigenvalue weighted by Crippen LogP contribution is -2.28. The maximum atomic E-state index is 13.5. The second kappa shape index (κ2) is 8.96. The number of hydrogen-bond acceptors (Lipinski definition) is 7. The Kier molecular flexibility index (Phi) is 6.67. The molecule has 0 fully saturated rings. The Morgan fingerprint density at radius 1 is 1.09 bits per heavy atom. The quantitative estimate of drug-likeness (QED) is 0.219. The molecule has 1 heterocycles. The van der Waals surface area contributed by atoms with Gasteiger partial charge in [0.1, 0.15) is 14.9 Å². The van der Waals surface area contributed by atoms with Gasteiger partial charge in [0.15, 0.2) is 5.75 Å². The summed E-state index contributed by atoms with van der Waals surface area (Å²) in [5, 5.41) is 7.74. The number of carbonyl (C=O) groups excluding carboxylic acids is 1. The highest BCUT2D eigenvalue weighted by atomic mass is 32.2. The smallest absolute Gasteiger partial charge is 0.416 e. The number of amidine groups is 1. The van der Waals surface area contributed by atoms with E-state index >= 15 is 0 Å². The number of nitrogens with two attached hydrogens (primary N) is 1. The van der Waals surface area contributed by atoms with E-state index in [9.17, 15) is 26.4 Å².